The van der Waals surface area contributed by atoms with E-state index < -0.39 is 0 Å². The summed E-state index contributed by atoms with van der Waals surface area (Å²) in [5.41, 5.74) is 4.22. The van der Waals surface area contributed by atoms with Gasteiger partial charge in [-0.05, 0) is 23.6 Å². The van der Waals surface area contributed by atoms with Crippen molar-refractivity contribution < 1.29 is 5.11 Å². The van der Waals surface area contributed by atoms with E-state index in [2.05, 4.69) is 44.0 Å². The lowest BCUT2D eigenvalue weighted by atomic mass is 9.86. The molecule has 1 aromatic rings. The molecule has 2 nitrogen and oxygen atoms in total. The number of hydrogen-bond acceptors (Lipinski definition) is 2. The first-order valence-corrected chi connectivity index (χ1v) is 5.50. The van der Waals surface area contributed by atoms with Crippen LogP contribution in [0, 0.1) is 0 Å². The highest BCUT2D eigenvalue weighted by molar-refractivity contribution is 5.62. The fraction of sp³-hybridized carbons (Fsp3) is 0.538. The van der Waals surface area contributed by atoms with E-state index >= 15 is 0 Å². The molecule has 1 aromatic carbocycles. The van der Waals surface area contributed by atoms with E-state index in [-0.39, 0.29) is 12.0 Å². The van der Waals surface area contributed by atoms with Gasteiger partial charge in [0, 0.05) is 31.3 Å². The van der Waals surface area contributed by atoms with Gasteiger partial charge in [0.2, 0.25) is 0 Å². The summed E-state index contributed by atoms with van der Waals surface area (Å²) in [6, 6.07) is 6.54. The fourth-order valence-electron chi connectivity index (χ4n) is 2.51. The first-order valence-electron chi connectivity index (χ1n) is 5.50. The summed E-state index contributed by atoms with van der Waals surface area (Å²) < 4.78 is 0. The van der Waals surface area contributed by atoms with E-state index in [0.717, 1.165) is 13.0 Å². The van der Waals surface area contributed by atoms with Crippen molar-refractivity contribution in [2.24, 2.45) is 0 Å². The second-order valence-corrected chi connectivity index (χ2v) is 5.07. The zero-order valence-electron chi connectivity index (χ0n) is 9.75. The van der Waals surface area contributed by atoms with Crippen molar-refractivity contribution in [1.82, 2.24) is 0 Å². The second-order valence-electron chi connectivity index (χ2n) is 5.07. The van der Waals surface area contributed by atoms with Gasteiger partial charge >= 0.3 is 0 Å². The van der Waals surface area contributed by atoms with Crippen LogP contribution >= 0.6 is 0 Å². The third-order valence-corrected chi connectivity index (χ3v) is 3.23. The first kappa shape index (κ1) is 10.5. The van der Waals surface area contributed by atoms with Crippen LogP contribution in [-0.4, -0.2) is 25.3 Å². The van der Waals surface area contributed by atoms with Crippen LogP contribution in [0.2, 0.25) is 0 Å². The predicted molar refractivity (Wildman–Crippen MR) is 63.5 cm³/mol. The quantitative estimate of drug-likeness (QED) is 0.797. The van der Waals surface area contributed by atoms with Crippen molar-refractivity contribution in [1.29, 1.82) is 0 Å². The van der Waals surface area contributed by atoms with E-state index in [0.29, 0.717) is 0 Å². The lowest BCUT2D eigenvalue weighted by molar-refractivity contribution is 0.299. The van der Waals surface area contributed by atoms with Gasteiger partial charge in [0.1, 0.15) is 0 Å². The monoisotopic (exact) mass is 205 g/mol. The molecule has 0 bridgehead atoms. The molecule has 1 aliphatic rings. The van der Waals surface area contributed by atoms with Crippen LogP contribution in [0.5, 0.6) is 0 Å². The summed E-state index contributed by atoms with van der Waals surface area (Å²) in [6.45, 7) is 5.86. The van der Waals surface area contributed by atoms with Crippen molar-refractivity contribution in [2.75, 3.05) is 25.1 Å². The summed E-state index contributed by atoms with van der Waals surface area (Å²) in [6.07, 6.45) is 0.757. The molecular formula is C13H19NO. The molecule has 0 atom stereocenters. The molecule has 1 heterocycles. The summed E-state index contributed by atoms with van der Waals surface area (Å²) in [4.78, 5) is 2.30. The van der Waals surface area contributed by atoms with Gasteiger partial charge in [0.15, 0.2) is 0 Å². The molecule has 2 heteroatoms. The Hall–Kier alpha value is -1.02. The van der Waals surface area contributed by atoms with Gasteiger partial charge in [-0.15, -0.1) is 0 Å². The number of likely N-dealkylation sites (N-methyl/N-ethyl adjacent to an activating group) is 1. The highest BCUT2D eigenvalue weighted by Gasteiger charge is 2.33. The first-order chi connectivity index (χ1) is 7.04. The molecule has 15 heavy (non-hydrogen) atoms. The van der Waals surface area contributed by atoms with E-state index in [4.69, 9.17) is 5.11 Å². The van der Waals surface area contributed by atoms with Crippen LogP contribution in [0.1, 0.15) is 25.0 Å². The minimum Gasteiger partial charge on any atom is -0.396 e. The lowest BCUT2D eigenvalue weighted by Gasteiger charge is -2.18. The Morgan fingerprint density at radius 3 is 2.80 bits per heavy atom. The third kappa shape index (κ3) is 1.74. The topological polar surface area (TPSA) is 23.5 Å². The number of benzene rings is 1. The molecule has 0 amide bonds. The van der Waals surface area contributed by atoms with Gasteiger partial charge in [0.05, 0.1) is 0 Å². The van der Waals surface area contributed by atoms with Crippen LogP contribution in [-0.2, 0) is 11.8 Å². The second kappa shape index (κ2) is 3.53. The molecular weight excluding hydrogens is 186 g/mol. The normalized spacial score (nSPS) is 18.0. The average molecular weight is 205 g/mol. The Kier molecular flexibility index (Phi) is 2.47. The molecule has 0 spiro atoms. The Morgan fingerprint density at radius 2 is 2.13 bits per heavy atom. The Bertz CT molecular complexity index is 371. The number of aliphatic hydroxyl groups is 1. The van der Waals surface area contributed by atoms with E-state index in [1.165, 1.54) is 16.8 Å². The van der Waals surface area contributed by atoms with Crippen molar-refractivity contribution in [3.8, 4) is 0 Å². The van der Waals surface area contributed by atoms with E-state index in [1.807, 2.05) is 0 Å². The minimum absolute atomic E-state index is 0.231. The Labute approximate surface area is 91.5 Å². The molecule has 0 aliphatic carbocycles. The zero-order chi connectivity index (χ0) is 11.1. The van der Waals surface area contributed by atoms with Crippen LogP contribution in [0.3, 0.4) is 0 Å². The van der Waals surface area contributed by atoms with E-state index in [1.54, 1.807) is 0 Å². The van der Waals surface area contributed by atoms with Crippen molar-refractivity contribution >= 4 is 5.69 Å². The maximum absolute atomic E-state index is 8.94. The smallest absolute Gasteiger partial charge is 0.0471 e. The van der Waals surface area contributed by atoms with Gasteiger partial charge in [-0.3, -0.25) is 0 Å². The molecule has 0 radical (unpaired) electrons. The van der Waals surface area contributed by atoms with Crippen LogP contribution < -0.4 is 4.90 Å². The van der Waals surface area contributed by atoms with E-state index in [9.17, 15) is 0 Å². The van der Waals surface area contributed by atoms with Crippen LogP contribution in [0.25, 0.3) is 0 Å². The Morgan fingerprint density at radius 1 is 1.40 bits per heavy atom. The number of rotatable bonds is 2. The molecule has 0 fully saturated rings. The predicted octanol–water partition coefficient (Wildman–Crippen LogP) is 1.95. The molecule has 2 rings (SSSR count). The Balaban J connectivity index is 2.43. The molecule has 1 N–H and O–H groups in total. The largest absolute Gasteiger partial charge is 0.396 e. The van der Waals surface area contributed by atoms with Gasteiger partial charge in [-0.1, -0.05) is 26.0 Å². The van der Waals surface area contributed by atoms with Crippen LogP contribution in [0.15, 0.2) is 18.2 Å². The van der Waals surface area contributed by atoms with Crippen molar-refractivity contribution in [3.05, 3.63) is 29.3 Å². The summed E-state index contributed by atoms with van der Waals surface area (Å²) in [5, 5.41) is 8.94. The molecule has 0 saturated heterocycles. The highest BCUT2D eigenvalue weighted by atomic mass is 16.2. The third-order valence-electron chi connectivity index (χ3n) is 3.23. The zero-order valence-corrected chi connectivity index (χ0v) is 9.75. The maximum atomic E-state index is 8.94. The number of fused-ring (bicyclic) bond motifs is 1. The average Bonchev–Trinajstić information content (AvgIpc) is 2.38. The van der Waals surface area contributed by atoms with Gasteiger partial charge in [-0.25, -0.2) is 0 Å². The minimum atomic E-state index is 0.231. The van der Waals surface area contributed by atoms with Gasteiger partial charge < -0.3 is 10.0 Å². The van der Waals surface area contributed by atoms with Crippen LogP contribution in [0.4, 0.5) is 5.69 Å². The number of hydrogen-bond donors (Lipinski definition) is 1. The standard InChI is InChI=1S/C13H19NO/c1-13(2)9-14(3)12-5-4-10(6-7-15)8-11(12)13/h4-5,8,15H,6-7,9H2,1-3H3. The summed E-state index contributed by atoms with van der Waals surface area (Å²) >= 11 is 0. The number of nitrogens with zero attached hydrogens (tertiary/aromatic N) is 1. The molecule has 0 saturated carbocycles. The summed E-state index contributed by atoms with van der Waals surface area (Å²) in [7, 11) is 2.14. The fourth-order valence-corrected chi connectivity index (χ4v) is 2.51. The number of anilines is 1. The molecule has 0 aromatic heterocycles. The maximum Gasteiger partial charge on any atom is 0.0471 e. The highest BCUT2D eigenvalue weighted by Crippen LogP contribution is 2.39. The van der Waals surface area contributed by atoms with Gasteiger partial charge in [0.25, 0.3) is 0 Å². The van der Waals surface area contributed by atoms with Crippen molar-refractivity contribution in [3.63, 3.8) is 0 Å². The molecule has 82 valence electrons. The molecule has 0 unspecified atom stereocenters. The van der Waals surface area contributed by atoms with Crippen molar-refractivity contribution in [2.45, 2.75) is 25.7 Å². The number of aliphatic hydroxyl groups excluding tert-OH is 1. The SMILES string of the molecule is CN1CC(C)(C)c2cc(CCO)ccc21. The summed E-state index contributed by atoms with van der Waals surface area (Å²) in [5.74, 6) is 0. The molecule has 1 aliphatic heterocycles. The lowest BCUT2D eigenvalue weighted by Crippen LogP contribution is -2.24. The van der Waals surface area contributed by atoms with Gasteiger partial charge in [-0.2, -0.15) is 0 Å².